The zero-order valence-corrected chi connectivity index (χ0v) is 17.4. The molecule has 0 aliphatic rings. The van der Waals surface area contributed by atoms with E-state index in [0.717, 1.165) is 51.4 Å². The minimum atomic E-state index is -0.469. The van der Waals surface area contributed by atoms with E-state index in [0.29, 0.717) is 6.61 Å². The van der Waals surface area contributed by atoms with Gasteiger partial charge in [-0.1, -0.05) is 67.7 Å². The summed E-state index contributed by atoms with van der Waals surface area (Å²) in [6.07, 6.45) is 29.8. The van der Waals surface area contributed by atoms with Crippen molar-refractivity contribution in [3.63, 3.8) is 0 Å². The lowest BCUT2D eigenvalue weighted by molar-refractivity contribution is -0.152. The van der Waals surface area contributed by atoms with Gasteiger partial charge in [0.25, 0.3) is 0 Å². The Morgan fingerprint density at radius 2 is 1.26 bits per heavy atom. The van der Waals surface area contributed by atoms with Crippen molar-refractivity contribution in [2.24, 2.45) is 0 Å². The van der Waals surface area contributed by atoms with Gasteiger partial charge in [0.15, 0.2) is 6.10 Å². The molecule has 0 amide bonds. The number of ether oxygens (including phenoxy) is 2. The second-order valence-corrected chi connectivity index (χ2v) is 6.24. The third-order valence-electron chi connectivity index (χ3n) is 3.82. The molecule has 0 aromatic heterocycles. The van der Waals surface area contributed by atoms with Gasteiger partial charge in [0.2, 0.25) is 0 Å². The SMILES string of the molecule is CCC=CCC=CCC=CCC=CCC=CCCCCOC(C)C(=O)OC. The highest BCUT2D eigenvalue weighted by atomic mass is 16.6. The minimum absolute atomic E-state index is 0.312. The number of carbonyl (C=O) groups is 1. The van der Waals surface area contributed by atoms with E-state index in [1.807, 2.05) is 0 Å². The van der Waals surface area contributed by atoms with Crippen LogP contribution >= 0.6 is 0 Å². The first-order chi connectivity index (χ1) is 13.2. The molecule has 0 fully saturated rings. The van der Waals surface area contributed by atoms with Crippen LogP contribution in [0.3, 0.4) is 0 Å². The zero-order valence-electron chi connectivity index (χ0n) is 17.4. The monoisotopic (exact) mass is 374 g/mol. The summed E-state index contributed by atoms with van der Waals surface area (Å²) in [5.41, 5.74) is 0. The molecule has 27 heavy (non-hydrogen) atoms. The topological polar surface area (TPSA) is 35.5 Å². The van der Waals surface area contributed by atoms with Crippen LogP contribution in [-0.2, 0) is 14.3 Å². The summed E-state index contributed by atoms with van der Waals surface area (Å²) < 4.78 is 10.0. The molecular formula is C24H38O3. The van der Waals surface area contributed by atoms with Crippen molar-refractivity contribution in [1.82, 2.24) is 0 Å². The molecule has 0 saturated heterocycles. The lowest BCUT2D eigenvalue weighted by atomic mass is 10.2. The standard InChI is InChI=1S/C24H38O3/c1-4-5-6-7-8-9-10-11-12-13-14-15-16-17-18-19-20-21-22-27-23(2)24(25)26-3/h5-6,8-9,11-12,14-15,17-18,23H,4,7,10,13,16,19-22H2,1-3H3. The number of unbranched alkanes of at least 4 members (excludes halogenated alkanes) is 2. The van der Waals surface area contributed by atoms with Gasteiger partial charge in [0, 0.05) is 6.61 Å². The van der Waals surface area contributed by atoms with Gasteiger partial charge in [-0.05, 0) is 58.3 Å². The van der Waals surface area contributed by atoms with E-state index in [-0.39, 0.29) is 5.97 Å². The summed E-state index contributed by atoms with van der Waals surface area (Å²) in [4.78, 5) is 11.2. The quantitative estimate of drug-likeness (QED) is 0.176. The smallest absolute Gasteiger partial charge is 0.334 e. The summed E-state index contributed by atoms with van der Waals surface area (Å²) in [6.45, 7) is 4.47. The lowest BCUT2D eigenvalue weighted by Crippen LogP contribution is -2.22. The highest BCUT2D eigenvalue weighted by Gasteiger charge is 2.12. The fourth-order valence-corrected chi connectivity index (χ4v) is 2.23. The zero-order chi connectivity index (χ0) is 20.0. The minimum Gasteiger partial charge on any atom is -0.467 e. The summed E-state index contributed by atoms with van der Waals surface area (Å²) in [5, 5.41) is 0. The molecular weight excluding hydrogens is 336 g/mol. The molecule has 1 unspecified atom stereocenters. The molecule has 0 N–H and O–H groups in total. The third-order valence-corrected chi connectivity index (χ3v) is 3.82. The van der Waals surface area contributed by atoms with Gasteiger partial charge in [-0.15, -0.1) is 0 Å². The third kappa shape index (κ3) is 18.7. The van der Waals surface area contributed by atoms with Gasteiger partial charge in [-0.2, -0.15) is 0 Å². The van der Waals surface area contributed by atoms with Crippen LogP contribution in [0.15, 0.2) is 60.8 Å². The Balaban J connectivity index is 3.49. The van der Waals surface area contributed by atoms with Crippen LogP contribution < -0.4 is 0 Å². The van der Waals surface area contributed by atoms with Crippen LogP contribution in [0.25, 0.3) is 0 Å². The highest BCUT2D eigenvalue weighted by Crippen LogP contribution is 2.02. The van der Waals surface area contributed by atoms with Crippen LogP contribution in [0.4, 0.5) is 0 Å². The largest absolute Gasteiger partial charge is 0.467 e. The molecule has 0 bridgehead atoms. The highest BCUT2D eigenvalue weighted by molar-refractivity contribution is 5.73. The Morgan fingerprint density at radius 3 is 1.74 bits per heavy atom. The van der Waals surface area contributed by atoms with Crippen molar-refractivity contribution < 1.29 is 14.3 Å². The van der Waals surface area contributed by atoms with Gasteiger partial charge in [0.1, 0.15) is 0 Å². The predicted octanol–water partition coefficient (Wildman–Crippen LogP) is 6.49. The van der Waals surface area contributed by atoms with Crippen LogP contribution in [0.1, 0.15) is 65.2 Å². The number of allylic oxidation sites excluding steroid dienone is 10. The van der Waals surface area contributed by atoms with E-state index in [2.05, 4.69) is 72.4 Å². The van der Waals surface area contributed by atoms with Crippen molar-refractivity contribution in [1.29, 1.82) is 0 Å². The molecule has 1 atom stereocenters. The van der Waals surface area contributed by atoms with E-state index < -0.39 is 6.10 Å². The van der Waals surface area contributed by atoms with E-state index in [1.54, 1.807) is 6.92 Å². The number of carbonyl (C=O) groups excluding carboxylic acids is 1. The molecule has 0 radical (unpaired) electrons. The van der Waals surface area contributed by atoms with Crippen molar-refractivity contribution in [2.45, 2.75) is 71.3 Å². The second-order valence-electron chi connectivity index (χ2n) is 6.24. The van der Waals surface area contributed by atoms with Crippen LogP contribution in [-0.4, -0.2) is 25.8 Å². The molecule has 3 nitrogen and oxygen atoms in total. The molecule has 0 rings (SSSR count). The average molecular weight is 375 g/mol. The molecule has 152 valence electrons. The second kappa shape index (κ2) is 20.4. The molecule has 0 spiro atoms. The first-order valence-corrected chi connectivity index (χ1v) is 10.2. The maximum atomic E-state index is 11.2. The van der Waals surface area contributed by atoms with Gasteiger partial charge < -0.3 is 9.47 Å². The lowest BCUT2D eigenvalue weighted by Gasteiger charge is -2.09. The summed E-state index contributed by atoms with van der Waals surface area (Å²) in [5.74, 6) is -0.312. The number of hydrogen-bond acceptors (Lipinski definition) is 3. The summed E-state index contributed by atoms with van der Waals surface area (Å²) in [7, 11) is 1.38. The fraction of sp³-hybridized carbons (Fsp3) is 0.542. The Bertz CT molecular complexity index is 484. The Kier molecular flexibility index (Phi) is 19.0. The first-order valence-electron chi connectivity index (χ1n) is 10.2. The van der Waals surface area contributed by atoms with Crippen LogP contribution in [0.2, 0.25) is 0 Å². The fourth-order valence-electron chi connectivity index (χ4n) is 2.23. The average Bonchev–Trinajstić information content (AvgIpc) is 2.68. The van der Waals surface area contributed by atoms with E-state index in [4.69, 9.17) is 4.74 Å². The van der Waals surface area contributed by atoms with Crippen molar-refractivity contribution in [3.05, 3.63) is 60.8 Å². The van der Waals surface area contributed by atoms with Gasteiger partial charge in [-0.3, -0.25) is 0 Å². The Morgan fingerprint density at radius 1 is 0.778 bits per heavy atom. The summed E-state index contributed by atoms with van der Waals surface area (Å²) in [6, 6.07) is 0. The van der Waals surface area contributed by atoms with E-state index in [1.165, 1.54) is 7.11 Å². The Hall–Kier alpha value is -1.87. The van der Waals surface area contributed by atoms with Crippen LogP contribution in [0, 0.1) is 0 Å². The maximum absolute atomic E-state index is 11.2. The number of esters is 1. The number of hydrogen-bond donors (Lipinski definition) is 0. The molecule has 0 aromatic rings. The molecule has 0 aliphatic carbocycles. The normalized spacial score (nSPS) is 13.7. The molecule has 0 saturated carbocycles. The molecule has 0 aliphatic heterocycles. The Labute approximate surface area is 166 Å². The van der Waals surface area contributed by atoms with Crippen molar-refractivity contribution >= 4 is 5.97 Å². The molecule has 3 heteroatoms. The summed E-state index contributed by atoms with van der Waals surface area (Å²) >= 11 is 0. The molecule has 0 aromatic carbocycles. The molecule has 0 heterocycles. The number of rotatable bonds is 16. The van der Waals surface area contributed by atoms with Crippen molar-refractivity contribution in [2.75, 3.05) is 13.7 Å². The van der Waals surface area contributed by atoms with Gasteiger partial charge in [-0.25, -0.2) is 4.79 Å². The first kappa shape index (κ1) is 25.1. The van der Waals surface area contributed by atoms with E-state index >= 15 is 0 Å². The van der Waals surface area contributed by atoms with Crippen molar-refractivity contribution in [3.8, 4) is 0 Å². The van der Waals surface area contributed by atoms with Crippen LogP contribution in [0.5, 0.6) is 0 Å². The van der Waals surface area contributed by atoms with E-state index in [9.17, 15) is 4.79 Å². The predicted molar refractivity (Wildman–Crippen MR) is 116 cm³/mol. The maximum Gasteiger partial charge on any atom is 0.334 e. The van der Waals surface area contributed by atoms with Gasteiger partial charge >= 0.3 is 5.97 Å². The van der Waals surface area contributed by atoms with Gasteiger partial charge in [0.05, 0.1) is 7.11 Å². The number of methoxy groups -OCH3 is 1.